The lowest BCUT2D eigenvalue weighted by molar-refractivity contribution is -0.149. The zero-order valence-electron chi connectivity index (χ0n) is 18.3. The summed E-state index contributed by atoms with van der Waals surface area (Å²) < 4.78 is 5.73. The Labute approximate surface area is 186 Å². The third-order valence-electron chi connectivity index (χ3n) is 6.03. The summed E-state index contributed by atoms with van der Waals surface area (Å²) in [5, 5.41) is 0.682. The summed E-state index contributed by atoms with van der Waals surface area (Å²) in [5.74, 6) is 0.431. The molecule has 1 saturated carbocycles. The first-order chi connectivity index (χ1) is 14.5. The molecule has 1 fully saturated rings. The topological polar surface area (TPSA) is 29.5 Å². The van der Waals surface area contributed by atoms with Crippen LogP contribution in [0.3, 0.4) is 0 Å². The molecule has 1 aliphatic carbocycles. The van der Waals surface area contributed by atoms with Crippen LogP contribution < -0.4 is 0 Å². The van der Waals surface area contributed by atoms with Crippen molar-refractivity contribution < 1.29 is 9.53 Å². The van der Waals surface area contributed by atoms with E-state index < -0.39 is 0 Å². The summed E-state index contributed by atoms with van der Waals surface area (Å²) in [6.07, 6.45) is 6.89. The number of nitrogens with zero attached hydrogens (tertiary/aromatic N) is 1. The highest BCUT2D eigenvalue weighted by Crippen LogP contribution is 2.34. The number of esters is 1. The van der Waals surface area contributed by atoms with E-state index >= 15 is 0 Å². The highest BCUT2D eigenvalue weighted by atomic mass is 35.5. The Morgan fingerprint density at radius 1 is 1.00 bits per heavy atom. The van der Waals surface area contributed by atoms with Crippen molar-refractivity contribution in [2.75, 3.05) is 13.6 Å². The Kier molecular flexibility index (Phi) is 8.77. The Bertz CT molecular complexity index is 780. The second kappa shape index (κ2) is 11.5. The average Bonchev–Trinajstić information content (AvgIpc) is 2.75. The monoisotopic (exact) mass is 427 g/mol. The minimum absolute atomic E-state index is 0.0486. The third kappa shape index (κ3) is 7.14. The predicted octanol–water partition coefficient (Wildman–Crippen LogP) is 6.38. The maximum atomic E-state index is 12.2. The number of rotatable bonds is 9. The predicted molar refractivity (Wildman–Crippen MR) is 124 cm³/mol. The van der Waals surface area contributed by atoms with Crippen molar-refractivity contribution in [3.8, 4) is 0 Å². The van der Waals surface area contributed by atoms with Gasteiger partial charge < -0.3 is 9.64 Å². The van der Waals surface area contributed by atoms with E-state index in [0.29, 0.717) is 17.4 Å². The first kappa shape index (κ1) is 22.8. The van der Waals surface area contributed by atoms with Crippen molar-refractivity contribution >= 4 is 17.6 Å². The summed E-state index contributed by atoms with van der Waals surface area (Å²) in [4.78, 5) is 14.6. The van der Waals surface area contributed by atoms with Crippen LogP contribution in [0.4, 0.5) is 0 Å². The highest BCUT2D eigenvalue weighted by Gasteiger charge is 2.25. The van der Waals surface area contributed by atoms with Crippen molar-refractivity contribution in [3.05, 3.63) is 70.2 Å². The smallest absolute Gasteiger partial charge is 0.310 e. The maximum absolute atomic E-state index is 12.2. The van der Waals surface area contributed by atoms with Gasteiger partial charge in [-0.3, -0.25) is 4.79 Å². The van der Waals surface area contributed by atoms with E-state index in [9.17, 15) is 4.79 Å². The van der Waals surface area contributed by atoms with Gasteiger partial charge in [0.1, 0.15) is 6.10 Å². The maximum Gasteiger partial charge on any atom is 0.310 e. The quantitative estimate of drug-likeness (QED) is 0.434. The lowest BCUT2D eigenvalue weighted by atomic mass is 9.82. The van der Waals surface area contributed by atoms with Crippen LogP contribution in [0.15, 0.2) is 48.5 Å². The number of carbonyl (C=O) groups is 1. The van der Waals surface area contributed by atoms with E-state index in [2.05, 4.69) is 43.1 Å². The number of hydrogen-bond acceptors (Lipinski definition) is 3. The van der Waals surface area contributed by atoms with Crippen molar-refractivity contribution in [3.63, 3.8) is 0 Å². The largest absolute Gasteiger partial charge is 0.462 e. The summed E-state index contributed by atoms with van der Waals surface area (Å²) in [5.41, 5.74) is 3.74. The van der Waals surface area contributed by atoms with Gasteiger partial charge >= 0.3 is 5.97 Å². The fraction of sp³-hybridized carbons (Fsp3) is 0.500. The molecule has 3 rings (SSSR count). The van der Waals surface area contributed by atoms with Crippen LogP contribution >= 0.6 is 11.6 Å². The minimum Gasteiger partial charge on any atom is -0.462 e. The summed E-state index contributed by atoms with van der Waals surface area (Å²) in [6, 6.07) is 16.5. The van der Waals surface area contributed by atoms with Crippen LogP contribution in [-0.4, -0.2) is 30.6 Å². The van der Waals surface area contributed by atoms with Gasteiger partial charge in [0.2, 0.25) is 0 Å². The molecule has 162 valence electrons. The number of carbonyl (C=O) groups excluding carboxylic acids is 1. The zero-order chi connectivity index (χ0) is 21.3. The van der Waals surface area contributed by atoms with Gasteiger partial charge in [-0.1, -0.05) is 61.3 Å². The van der Waals surface area contributed by atoms with E-state index in [0.717, 1.165) is 44.3 Å². The second-order valence-electron chi connectivity index (χ2n) is 8.60. The molecule has 0 radical (unpaired) electrons. The Hall–Kier alpha value is -1.84. The van der Waals surface area contributed by atoms with Gasteiger partial charge in [0, 0.05) is 11.6 Å². The van der Waals surface area contributed by atoms with E-state index in [4.69, 9.17) is 16.3 Å². The molecule has 2 aromatic rings. The van der Waals surface area contributed by atoms with Gasteiger partial charge in [0.25, 0.3) is 0 Å². The van der Waals surface area contributed by atoms with E-state index in [1.807, 2.05) is 24.3 Å². The Morgan fingerprint density at radius 3 is 2.27 bits per heavy atom. The zero-order valence-corrected chi connectivity index (χ0v) is 19.0. The van der Waals surface area contributed by atoms with Crippen molar-refractivity contribution in [2.45, 2.75) is 70.4 Å². The van der Waals surface area contributed by atoms with Crippen LogP contribution in [0.2, 0.25) is 5.02 Å². The lowest BCUT2D eigenvalue weighted by Gasteiger charge is -2.29. The first-order valence-electron chi connectivity index (χ1n) is 11.2. The molecule has 2 aromatic carbocycles. The molecule has 3 nitrogen and oxygen atoms in total. The van der Waals surface area contributed by atoms with Crippen LogP contribution in [0.25, 0.3) is 0 Å². The van der Waals surface area contributed by atoms with Crippen LogP contribution in [-0.2, 0) is 22.5 Å². The fourth-order valence-electron chi connectivity index (χ4n) is 4.22. The minimum atomic E-state index is -0.141. The van der Waals surface area contributed by atoms with Crippen molar-refractivity contribution in [1.82, 2.24) is 4.90 Å². The number of unbranched alkanes of at least 4 members (excludes halogenated alkanes) is 1. The van der Waals surface area contributed by atoms with Crippen LogP contribution in [0, 0.1) is 0 Å². The molecule has 0 aromatic heterocycles. The number of halogens is 1. The molecule has 1 aliphatic rings. The molecule has 0 bridgehead atoms. The number of hydrogen-bond donors (Lipinski definition) is 0. The molecule has 0 unspecified atom stereocenters. The normalized spacial score (nSPS) is 19.1. The number of benzene rings is 2. The standard InChI is InChI=1S/C26H34ClNO2/c1-3-4-17-28(2)19-21-5-9-22(10-6-21)23-11-15-25(16-12-23)30-26(29)18-20-7-13-24(27)14-8-20/h5-10,13-14,23,25H,3-4,11-12,15-19H2,1-2H3/t23-,25-. The Balaban J connectivity index is 1.42. The molecule has 30 heavy (non-hydrogen) atoms. The van der Waals surface area contributed by atoms with Gasteiger partial charge in [-0.25, -0.2) is 0 Å². The molecule has 0 saturated heterocycles. The highest BCUT2D eigenvalue weighted by molar-refractivity contribution is 6.30. The van der Waals surface area contributed by atoms with Crippen molar-refractivity contribution in [2.24, 2.45) is 0 Å². The third-order valence-corrected chi connectivity index (χ3v) is 6.28. The molecule has 4 heteroatoms. The summed E-state index contributed by atoms with van der Waals surface area (Å²) in [6.45, 7) is 4.40. The second-order valence-corrected chi connectivity index (χ2v) is 9.04. The van der Waals surface area contributed by atoms with Crippen LogP contribution in [0.5, 0.6) is 0 Å². The molecule has 0 atom stereocenters. The van der Waals surface area contributed by atoms with Crippen LogP contribution in [0.1, 0.15) is 68.1 Å². The first-order valence-corrected chi connectivity index (χ1v) is 11.6. The molecule has 0 amide bonds. The van der Waals surface area contributed by atoms with Gasteiger partial charge in [-0.05, 0) is 80.4 Å². The van der Waals surface area contributed by atoms with E-state index in [1.54, 1.807) is 0 Å². The molecular formula is C26H34ClNO2. The fourth-order valence-corrected chi connectivity index (χ4v) is 4.35. The van der Waals surface area contributed by atoms with E-state index in [1.165, 1.54) is 24.0 Å². The molecule has 0 aliphatic heterocycles. The SMILES string of the molecule is CCCCN(C)Cc1ccc([C@H]2CC[C@H](OC(=O)Cc3ccc(Cl)cc3)CC2)cc1. The van der Waals surface area contributed by atoms with Crippen molar-refractivity contribution in [1.29, 1.82) is 0 Å². The van der Waals surface area contributed by atoms with E-state index in [-0.39, 0.29) is 12.1 Å². The van der Waals surface area contributed by atoms with Gasteiger partial charge in [0.05, 0.1) is 6.42 Å². The molecule has 0 spiro atoms. The van der Waals surface area contributed by atoms with Gasteiger partial charge in [-0.2, -0.15) is 0 Å². The molecule has 0 heterocycles. The molecule has 0 N–H and O–H groups in total. The van der Waals surface area contributed by atoms with Gasteiger partial charge in [0.15, 0.2) is 0 Å². The van der Waals surface area contributed by atoms with Gasteiger partial charge in [-0.15, -0.1) is 0 Å². The molecular weight excluding hydrogens is 394 g/mol. The summed E-state index contributed by atoms with van der Waals surface area (Å²) >= 11 is 5.90. The average molecular weight is 428 g/mol. The Morgan fingerprint density at radius 2 is 1.63 bits per heavy atom. The number of ether oxygens (including phenoxy) is 1. The lowest BCUT2D eigenvalue weighted by Crippen LogP contribution is -2.24. The summed E-state index contributed by atoms with van der Waals surface area (Å²) in [7, 11) is 2.19.